The van der Waals surface area contributed by atoms with Gasteiger partial charge in [-0.05, 0) is 57.9 Å². The predicted molar refractivity (Wildman–Crippen MR) is 156 cm³/mol. The van der Waals surface area contributed by atoms with E-state index >= 15 is 0 Å². The highest BCUT2D eigenvalue weighted by molar-refractivity contribution is 9.10. The lowest BCUT2D eigenvalue weighted by molar-refractivity contribution is 0.102. The minimum atomic E-state index is -0.300. The first-order valence-corrected chi connectivity index (χ1v) is 12.7. The second kappa shape index (κ2) is 11.5. The Labute approximate surface area is 237 Å². The fourth-order valence-corrected chi connectivity index (χ4v) is 4.82. The first-order valence-electron chi connectivity index (χ1n) is 10.8. The van der Waals surface area contributed by atoms with Crippen molar-refractivity contribution in [3.63, 3.8) is 0 Å². The van der Waals surface area contributed by atoms with Gasteiger partial charge in [0.1, 0.15) is 5.82 Å². The fraction of sp³-hybridized carbons (Fsp3) is 0.0741. The second-order valence-corrected chi connectivity index (χ2v) is 10.0. The van der Waals surface area contributed by atoms with E-state index in [-0.39, 0.29) is 13.3 Å². The standard InChI is InChI=1S/C26H17BrCl3N5O.CH4/c27-21-14-32-35-24(12-23(34-25(21)35)20-6-1-2-7-22(20)30)31-13-15-4-3-5-19(8-15)33-26(36)16-9-17(28)11-18(29)10-16;/h1-12,14,31H,13H2,(H,33,36);1H4. The van der Waals surface area contributed by atoms with Crippen molar-refractivity contribution < 1.29 is 4.79 Å². The Bertz CT molecular complexity index is 1580. The fourth-order valence-electron chi connectivity index (χ4n) is 3.71. The molecule has 10 heteroatoms. The average molecular weight is 618 g/mol. The topological polar surface area (TPSA) is 71.3 Å². The lowest BCUT2D eigenvalue weighted by atomic mass is 10.1. The van der Waals surface area contributed by atoms with Crippen LogP contribution in [0.3, 0.4) is 0 Å². The largest absolute Gasteiger partial charge is 0.366 e. The first-order chi connectivity index (χ1) is 17.4. The highest BCUT2D eigenvalue weighted by Crippen LogP contribution is 2.30. The summed E-state index contributed by atoms with van der Waals surface area (Å²) in [6.07, 6.45) is 1.70. The number of nitrogens with zero attached hydrogens (tertiary/aromatic N) is 3. The lowest BCUT2D eigenvalue weighted by Crippen LogP contribution is -2.12. The molecule has 0 aliphatic heterocycles. The molecule has 0 aliphatic rings. The Morgan fingerprint density at radius 1 is 0.946 bits per heavy atom. The van der Waals surface area contributed by atoms with E-state index in [1.807, 2.05) is 54.6 Å². The number of halogens is 4. The van der Waals surface area contributed by atoms with E-state index in [4.69, 9.17) is 39.8 Å². The summed E-state index contributed by atoms with van der Waals surface area (Å²) < 4.78 is 2.49. The van der Waals surface area contributed by atoms with Crippen LogP contribution in [0.25, 0.3) is 16.9 Å². The molecule has 0 saturated carbocycles. The molecule has 37 heavy (non-hydrogen) atoms. The molecule has 0 saturated heterocycles. The number of nitrogens with one attached hydrogen (secondary N) is 2. The van der Waals surface area contributed by atoms with Gasteiger partial charge in [0.2, 0.25) is 0 Å². The van der Waals surface area contributed by atoms with Crippen LogP contribution in [0.4, 0.5) is 11.5 Å². The van der Waals surface area contributed by atoms with Gasteiger partial charge in [0.05, 0.1) is 16.4 Å². The van der Waals surface area contributed by atoms with Crippen LogP contribution < -0.4 is 10.6 Å². The average Bonchev–Trinajstić information content (AvgIpc) is 3.23. The molecule has 2 aromatic heterocycles. The van der Waals surface area contributed by atoms with Crippen molar-refractivity contribution in [3.05, 3.63) is 110 Å². The molecule has 3 aromatic carbocycles. The number of carbonyl (C=O) groups excluding carboxylic acids is 1. The second-order valence-electron chi connectivity index (χ2n) is 7.90. The third-order valence-electron chi connectivity index (χ3n) is 5.36. The number of carbonyl (C=O) groups is 1. The molecule has 0 fully saturated rings. The molecule has 0 atom stereocenters. The third kappa shape index (κ3) is 6.08. The maximum Gasteiger partial charge on any atom is 0.255 e. The Kier molecular flexibility index (Phi) is 8.39. The Hall–Kier alpha value is -3.10. The highest BCUT2D eigenvalue weighted by Gasteiger charge is 2.14. The van der Waals surface area contributed by atoms with Gasteiger partial charge >= 0.3 is 0 Å². The molecule has 0 radical (unpaired) electrons. The predicted octanol–water partition coefficient (Wildman–Crippen LogP) is 8.62. The lowest BCUT2D eigenvalue weighted by Gasteiger charge is -2.13. The van der Waals surface area contributed by atoms with Gasteiger partial charge in [0, 0.05) is 44.5 Å². The van der Waals surface area contributed by atoms with Crippen molar-refractivity contribution >= 4 is 73.8 Å². The van der Waals surface area contributed by atoms with Crippen LogP contribution in [0.5, 0.6) is 0 Å². The monoisotopic (exact) mass is 615 g/mol. The number of fused-ring (bicyclic) bond motifs is 1. The quantitative estimate of drug-likeness (QED) is 0.200. The number of rotatable bonds is 6. The van der Waals surface area contributed by atoms with Crippen LogP contribution >= 0.6 is 50.7 Å². The summed E-state index contributed by atoms with van der Waals surface area (Å²) in [4.78, 5) is 17.4. The van der Waals surface area contributed by atoms with Crippen molar-refractivity contribution in [1.29, 1.82) is 0 Å². The zero-order valence-corrected chi connectivity index (χ0v) is 22.3. The molecule has 5 aromatic rings. The van der Waals surface area contributed by atoms with Crippen LogP contribution in [0.1, 0.15) is 23.3 Å². The van der Waals surface area contributed by atoms with Gasteiger partial charge in [-0.1, -0.05) is 72.6 Å². The molecular weight excluding hydrogens is 597 g/mol. The van der Waals surface area contributed by atoms with E-state index in [0.717, 1.165) is 27.1 Å². The molecule has 188 valence electrons. The SMILES string of the molecule is C.O=C(Nc1cccc(CNc2cc(-c3ccccc3Cl)nc3c(Br)cnn23)c1)c1cc(Cl)cc(Cl)c1. The van der Waals surface area contributed by atoms with Gasteiger partial charge in [-0.2, -0.15) is 9.61 Å². The van der Waals surface area contributed by atoms with Gasteiger partial charge in [0.15, 0.2) is 5.65 Å². The molecule has 6 nitrogen and oxygen atoms in total. The summed E-state index contributed by atoms with van der Waals surface area (Å²) in [7, 11) is 0. The zero-order chi connectivity index (χ0) is 25.2. The maximum absolute atomic E-state index is 12.7. The molecular formula is C27H21BrCl3N5O. The third-order valence-corrected chi connectivity index (χ3v) is 6.69. The van der Waals surface area contributed by atoms with Crippen molar-refractivity contribution in [1.82, 2.24) is 14.6 Å². The molecule has 0 bridgehead atoms. The smallest absolute Gasteiger partial charge is 0.255 e. The van der Waals surface area contributed by atoms with Crippen molar-refractivity contribution in [2.75, 3.05) is 10.6 Å². The minimum Gasteiger partial charge on any atom is -0.366 e. The number of hydrogen-bond donors (Lipinski definition) is 2. The van der Waals surface area contributed by atoms with Crippen molar-refractivity contribution in [3.8, 4) is 11.3 Å². The van der Waals surface area contributed by atoms with Crippen LogP contribution in [0.2, 0.25) is 15.1 Å². The molecule has 2 N–H and O–H groups in total. The normalized spacial score (nSPS) is 10.7. The van der Waals surface area contributed by atoms with Gasteiger partial charge < -0.3 is 10.6 Å². The summed E-state index contributed by atoms with van der Waals surface area (Å²) >= 11 is 22.0. The van der Waals surface area contributed by atoms with E-state index in [1.54, 1.807) is 28.9 Å². The highest BCUT2D eigenvalue weighted by atomic mass is 79.9. The zero-order valence-electron chi connectivity index (χ0n) is 18.5. The molecule has 5 rings (SSSR count). The summed E-state index contributed by atoms with van der Waals surface area (Å²) in [6, 6.07) is 21.7. The van der Waals surface area contributed by atoms with Gasteiger partial charge in [-0.25, -0.2) is 4.98 Å². The van der Waals surface area contributed by atoms with Crippen LogP contribution in [-0.2, 0) is 6.54 Å². The van der Waals surface area contributed by atoms with E-state index in [1.165, 1.54) is 0 Å². The Morgan fingerprint density at radius 3 is 2.46 bits per heavy atom. The van der Waals surface area contributed by atoms with Crippen LogP contribution in [-0.4, -0.2) is 20.5 Å². The van der Waals surface area contributed by atoms with E-state index in [0.29, 0.717) is 38.5 Å². The molecule has 0 spiro atoms. The van der Waals surface area contributed by atoms with Gasteiger partial charge in [-0.15, -0.1) is 0 Å². The maximum atomic E-state index is 12.7. The number of benzene rings is 3. The van der Waals surface area contributed by atoms with Crippen LogP contribution in [0.15, 0.2) is 83.5 Å². The van der Waals surface area contributed by atoms with Crippen LogP contribution in [0, 0.1) is 0 Å². The Morgan fingerprint density at radius 2 is 1.70 bits per heavy atom. The number of aromatic nitrogens is 3. The summed E-state index contributed by atoms with van der Waals surface area (Å²) in [5.74, 6) is 0.440. The molecule has 1 amide bonds. The number of anilines is 2. The van der Waals surface area contributed by atoms with E-state index in [9.17, 15) is 4.79 Å². The summed E-state index contributed by atoms with van der Waals surface area (Å²) in [5, 5.41) is 12.1. The molecule has 0 unspecified atom stereocenters. The van der Waals surface area contributed by atoms with E-state index < -0.39 is 0 Å². The van der Waals surface area contributed by atoms with Gasteiger partial charge in [-0.3, -0.25) is 4.79 Å². The number of amides is 1. The van der Waals surface area contributed by atoms with Gasteiger partial charge in [0.25, 0.3) is 5.91 Å². The van der Waals surface area contributed by atoms with Crippen molar-refractivity contribution in [2.24, 2.45) is 0 Å². The minimum absolute atomic E-state index is 0. The molecule has 0 aliphatic carbocycles. The number of hydrogen-bond acceptors (Lipinski definition) is 4. The molecule has 2 heterocycles. The van der Waals surface area contributed by atoms with Crippen molar-refractivity contribution in [2.45, 2.75) is 14.0 Å². The summed E-state index contributed by atoms with van der Waals surface area (Å²) in [5.41, 5.74) is 4.19. The summed E-state index contributed by atoms with van der Waals surface area (Å²) in [6.45, 7) is 0.477. The van der Waals surface area contributed by atoms with E-state index in [2.05, 4.69) is 31.7 Å². The first kappa shape index (κ1) is 26.9. The Balaban J connectivity index is 0.00000320.